The monoisotopic (exact) mass is 251 g/mol. The Labute approximate surface area is 105 Å². The molecule has 0 aliphatic rings. The molecule has 1 unspecified atom stereocenters. The van der Waals surface area contributed by atoms with E-state index in [1.54, 1.807) is 12.3 Å². The second-order valence-electron chi connectivity index (χ2n) is 3.75. The summed E-state index contributed by atoms with van der Waals surface area (Å²) < 4.78 is 5.17. The van der Waals surface area contributed by atoms with Crippen molar-refractivity contribution in [1.29, 1.82) is 0 Å². The number of halogens is 1. The van der Waals surface area contributed by atoms with Gasteiger partial charge in [0.25, 0.3) is 0 Å². The molecule has 1 aromatic heterocycles. The zero-order valence-electron chi connectivity index (χ0n) is 9.27. The number of hydrogen-bond donors (Lipinski definition) is 2. The van der Waals surface area contributed by atoms with E-state index in [0.29, 0.717) is 18.1 Å². The van der Waals surface area contributed by atoms with Crippen molar-refractivity contribution < 1.29 is 9.52 Å². The van der Waals surface area contributed by atoms with Gasteiger partial charge in [-0.1, -0.05) is 29.8 Å². The Bertz CT molecular complexity index is 456. The predicted molar refractivity (Wildman–Crippen MR) is 66.8 cm³/mol. The number of hydrogen-bond acceptors (Lipinski definition) is 3. The number of aliphatic hydroxyl groups is 1. The van der Waals surface area contributed by atoms with Gasteiger partial charge in [0.05, 0.1) is 18.9 Å². The van der Waals surface area contributed by atoms with E-state index in [0.717, 1.165) is 11.3 Å². The van der Waals surface area contributed by atoms with Gasteiger partial charge in [-0.05, 0) is 18.2 Å². The van der Waals surface area contributed by atoms with Crippen LogP contribution in [0.15, 0.2) is 47.1 Å². The topological polar surface area (TPSA) is 45.4 Å². The first kappa shape index (κ1) is 12.2. The first-order valence-corrected chi connectivity index (χ1v) is 5.81. The fourth-order valence-electron chi connectivity index (χ4n) is 1.60. The molecule has 2 rings (SSSR count). The smallest absolute Gasteiger partial charge is 0.117 e. The Hall–Kier alpha value is -1.29. The average molecular weight is 252 g/mol. The third-order valence-electron chi connectivity index (χ3n) is 2.48. The van der Waals surface area contributed by atoms with Gasteiger partial charge < -0.3 is 14.8 Å². The molecule has 0 aliphatic heterocycles. The molecule has 0 saturated heterocycles. The van der Waals surface area contributed by atoms with E-state index in [9.17, 15) is 5.11 Å². The number of benzene rings is 1. The summed E-state index contributed by atoms with van der Waals surface area (Å²) in [5, 5.41) is 13.6. The maximum Gasteiger partial charge on any atom is 0.117 e. The summed E-state index contributed by atoms with van der Waals surface area (Å²) in [4.78, 5) is 0. The van der Waals surface area contributed by atoms with Crippen molar-refractivity contribution in [3.8, 4) is 0 Å². The van der Waals surface area contributed by atoms with E-state index in [4.69, 9.17) is 16.0 Å². The van der Waals surface area contributed by atoms with Crippen molar-refractivity contribution in [2.24, 2.45) is 0 Å². The van der Waals surface area contributed by atoms with Crippen molar-refractivity contribution >= 4 is 11.6 Å². The fourth-order valence-corrected chi connectivity index (χ4v) is 1.86. The van der Waals surface area contributed by atoms with Crippen molar-refractivity contribution in [1.82, 2.24) is 5.32 Å². The van der Waals surface area contributed by atoms with E-state index in [1.807, 2.05) is 30.3 Å². The molecule has 0 aliphatic carbocycles. The van der Waals surface area contributed by atoms with Gasteiger partial charge in [-0.3, -0.25) is 0 Å². The summed E-state index contributed by atoms with van der Waals surface area (Å²) in [6, 6.07) is 11.0. The van der Waals surface area contributed by atoms with Crippen LogP contribution in [0.5, 0.6) is 0 Å². The van der Waals surface area contributed by atoms with E-state index in [1.165, 1.54) is 0 Å². The maximum atomic E-state index is 9.95. The number of rotatable bonds is 5. The molecule has 2 aromatic rings. The van der Waals surface area contributed by atoms with Crippen LogP contribution in [0.3, 0.4) is 0 Å². The molecule has 0 saturated carbocycles. The highest BCUT2D eigenvalue weighted by atomic mass is 35.5. The second kappa shape index (κ2) is 5.87. The highest BCUT2D eigenvalue weighted by Gasteiger charge is 2.10. The quantitative estimate of drug-likeness (QED) is 0.859. The maximum absolute atomic E-state index is 9.95. The predicted octanol–water partition coefficient (Wildman–Crippen LogP) is 2.76. The van der Waals surface area contributed by atoms with Crippen molar-refractivity contribution in [3.05, 3.63) is 59.0 Å². The molecule has 1 aromatic carbocycles. The van der Waals surface area contributed by atoms with Crippen LogP contribution in [0.1, 0.15) is 17.4 Å². The van der Waals surface area contributed by atoms with Gasteiger partial charge in [0.15, 0.2) is 0 Å². The molecule has 0 spiro atoms. The molecule has 2 N–H and O–H groups in total. The summed E-state index contributed by atoms with van der Waals surface area (Å²) >= 11 is 5.99. The fraction of sp³-hybridized carbons (Fsp3) is 0.231. The highest BCUT2D eigenvalue weighted by Crippen LogP contribution is 2.21. The molecule has 0 radical (unpaired) electrons. The number of furan rings is 1. The lowest BCUT2D eigenvalue weighted by atomic mass is 10.1. The Morgan fingerprint density at radius 1 is 1.24 bits per heavy atom. The largest absolute Gasteiger partial charge is 0.468 e. The van der Waals surface area contributed by atoms with Crippen LogP contribution in [0.2, 0.25) is 5.02 Å². The molecule has 0 fully saturated rings. The molecule has 17 heavy (non-hydrogen) atoms. The van der Waals surface area contributed by atoms with Gasteiger partial charge in [0.2, 0.25) is 0 Å². The zero-order chi connectivity index (χ0) is 12.1. The summed E-state index contributed by atoms with van der Waals surface area (Å²) in [6.07, 6.45) is 1.01. The lowest BCUT2D eigenvalue weighted by molar-refractivity contribution is 0.173. The first-order chi connectivity index (χ1) is 8.27. The van der Waals surface area contributed by atoms with Crippen LogP contribution >= 0.6 is 11.6 Å². The van der Waals surface area contributed by atoms with Crippen molar-refractivity contribution in [2.75, 3.05) is 6.54 Å². The molecule has 0 bridgehead atoms. The van der Waals surface area contributed by atoms with Crippen LogP contribution in [-0.2, 0) is 6.54 Å². The molecule has 1 atom stereocenters. The van der Waals surface area contributed by atoms with Crippen LogP contribution in [0, 0.1) is 0 Å². The lowest BCUT2D eigenvalue weighted by Crippen LogP contribution is -2.21. The van der Waals surface area contributed by atoms with Crippen LogP contribution < -0.4 is 5.32 Å². The lowest BCUT2D eigenvalue weighted by Gasteiger charge is -2.12. The normalized spacial score (nSPS) is 12.6. The minimum absolute atomic E-state index is 0.435. The van der Waals surface area contributed by atoms with Gasteiger partial charge in [-0.15, -0.1) is 0 Å². The number of nitrogens with one attached hydrogen (secondary N) is 1. The highest BCUT2D eigenvalue weighted by molar-refractivity contribution is 6.31. The Kier molecular flexibility index (Phi) is 4.20. The van der Waals surface area contributed by atoms with Gasteiger partial charge in [-0.2, -0.15) is 0 Å². The first-order valence-electron chi connectivity index (χ1n) is 5.43. The molecule has 90 valence electrons. The standard InChI is InChI=1S/C13H14ClNO2/c14-12-6-2-1-5-11(12)13(16)9-15-8-10-4-3-7-17-10/h1-7,13,15-16H,8-9H2. The molecular formula is C13H14ClNO2. The van der Waals surface area contributed by atoms with Crippen molar-refractivity contribution in [3.63, 3.8) is 0 Å². The van der Waals surface area contributed by atoms with Gasteiger partial charge >= 0.3 is 0 Å². The summed E-state index contributed by atoms with van der Waals surface area (Å²) in [5.41, 5.74) is 0.737. The van der Waals surface area contributed by atoms with Gasteiger partial charge in [0, 0.05) is 17.1 Å². The summed E-state index contributed by atoms with van der Waals surface area (Å²) in [6.45, 7) is 1.03. The van der Waals surface area contributed by atoms with Crippen LogP contribution in [0.4, 0.5) is 0 Å². The Morgan fingerprint density at radius 2 is 2.06 bits per heavy atom. The van der Waals surface area contributed by atoms with E-state index < -0.39 is 6.10 Å². The third-order valence-corrected chi connectivity index (χ3v) is 2.83. The molecule has 1 heterocycles. The summed E-state index contributed by atoms with van der Waals surface area (Å²) in [5.74, 6) is 0.844. The zero-order valence-corrected chi connectivity index (χ0v) is 10.0. The minimum atomic E-state index is -0.612. The third kappa shape index (κ3) is 3.33. The van der Waals surface area contributed by atoms with E-state index >= 15 is 0 Å². The van der Waals surface area contributed by atoms with Crippen LogP contribution in [0.25, 0.3) is 0 Å². The summed E-state index contributed by atoms with van der Waals surface area (Å²) in [7, 11) is 0. The van der Waals surface area contributed by atoms with E-state index in [2.05, 4.69) is 5.32 Å². The molecular weight excluding hydrogens is 238 g/mol. The SMILES string of the molecule is OC(CNCc1ccco1)c1ccccc1Cl. The molecule has 4 heteroatoms. The number of aliphatic hydroxyl groups excluding tert-OH is 1. The van der Waals surface area contributed by atoms with Crippen LogP contribution in [-0.4, -0.2) is 11.7 Å². The Balaban J connectivity index is 1.85. The van der Waals surface area contributed by atoms with Gasteiger partial charge in [0.1, 0.15) is 5.76 Å². The average Bonchev–Trinajstić information content (AvgIpc) is 2.82. The van der Waals surface area contributed by atoms with E-state index in [-0.39, 0.29) is 0 Å². The Morgan fingerprint density at radius 3 is 2.76 bits per heavy atom. The second-order valence-corrected chi connectivity index (χ2v) is 4.15. The van der Waals surface area contributed by atoms with Crippen molar-refractivity contribution in [2.45, 2.75) is 12.6 Å². The molecule has 3 nitrogen and oxygen atoms in total. The van der Waals surface area contributed by atoms with Gasteiger partial charge in [-0.25, -0.2) is 0 Å². The minimum Gasteiger partial charge on any atom is -0.468 e. The molecule has 0 amide bonds.